The Morgan fingerprint density at radius 2 is 1.83 bits per heavy atom. The van der Waals surface area contributed by atoms with Crippen molar-refractivity contribution in [2.24, 2.45) is 0 Å². The van der Waals surface area contributed by atoms with Crippen LogP contribution in [0.4, 0.5) is 0 Å². The maximum absolute atomic E-state index is 10.5. The molecule has 0 fully saturated rings. The summed E-state index contributed by atoms with van der Waals surface area (Å²) in [6.45, 7) is 3.84. The Hall–Kier alpha value is -0.190. The minimum atomic E-state index is -0.661. The zero-order valence-electron chi connectivity index (χ0n) is 7.62. The van der Waals surface area contributed by atoms with E-state index in [1.165, 1.54) is 0 Å². The third-order valence-electron chi connectivity index (χ3n) is 0.809. The summed E-state index contributed by atoms with van der Waals surface area (Å²) in [7, 11) is 0. The van der Waals surface area contributed by atoms with Crippen LogP contribution < -0.4 is 34.7 Å². The van der Waals surface area contributed by atoms with Gasteiger partial charge in [-0.2, -0.15) is 0 Å². The fourth-order valence-corrected chi connectivity index (χ4v) is 0.464. The van der Waals surface area contributed by atoms with E-state index in [0.717, 1.165) is 6.08 Å². The molecule has 0 rings (SSSR count). The van der Waals surface area contributed by atoms with Crippen LogP contribution in [0.2, 0.25) is 0 Å². The van der Waals surface area contributed by atoms with Gasteiger partial charge in [-0.1, -0.05) is 6.92 Å². The van der Waals surface area contributed by atoms with Crippen molar-refractivity contribution in [2.75, 3.05) is 13.2 Å². The van der Waals surface area contributed by atoms with E-state index in [9.17, 15) is 9.90 Å². The summed E-state index contributed by atoms with van der Waals surface area (Å²) in [5.41, 5.74) is 0. The molecule has 0 heterocycles. The van der Waals surface area contributed by atoms with Gasteiger partial charge in [-0.3, -0.25) is 0 Å². The summed E-state index contributed by atoms with van der Waals surface area (Å²) in [5.74, 6) is -1.32. The van der Waals surface area contributed by atoms with Crippen LogP contribution in [0, 0.1) is 0 Å². The van der Waals surface area contributed by atoms with Crippen molar-refractivity contribution < 1.29 is 48.9 Å². The van der Waals surface area contributed by atoms with Crippen molar-refractivity contribution >= 4 is 5.97 Å². The average molecular weight is 182 g/mol. The molecule has 0 unspecified atom stereocenters. The van der Waals surface area contributed by atoms with Crippen LogP contribution in [-0.4, -0.2) is 19.2 Å². The van der Waals surface area contributed by atoms with Crippen LogP contribution in [0.3, 0.4) is 0 Å². The molecule has 0 amide bonds. The van der Waals surface area contributed by atoms with Gasteiger partial charge >= 0.3 is 35.5 Å². The Bertz CT molecular complexity index is 155. The Morgan fingerprint density at radius 3 is 2.25 bits per heavy atom. The normalized spacial score (nSPS) is 10.0. The van der Waals surface area contributed by atoms with Gasteiger partial charge in [-0.15, -0.1) is 0 Å². The van der Waals surface area contributed by atoms with Crippen molar-refractivity contribution in [1.29, 1.82) is 0 Å². The third-order valence-corrected chi connectivity index (χ3v) is 0.809. The Morgan fingerprint density at radius 1 is 1.33 bits per heavy atom. The van der Waals surface area contributed by atoms with Crippen LogP contribution in [0.1, 0.15) is 13.8 Å². The third kappa shape index (κ3) is 7.91. The fourth-order valence-electron chi connectivity index (χ4n) is 0.464. The Kier molecular flexibility index (Phi) is 10.6. The van der Waals surface area contributed by atoms with Gasteiger partial charge in [-0.05, 0) is 13.5 Å². The van der Waals surface area contributed by atoms with E-state index < -0.39 is 11.9 Å². The number of carbonyl (C=O) groups excluding carboxylic acids is 1. The van der Waals surface area contributed by atoms with E-state index in [4.69, 9.17) is 0 Å². The van der Waals surface area contributed by atoms with E-state index >= 15 is 0 Å². The predicted octanol–water partition coefficient (Wildman–Crippen LogP) is -3.21. The molecule has 0 aromatic rings. The minimum absolute atomic E-state index is 0. The first kappa shape index (κ1) is 14.3. The van der Waals surface area contributed by atoms with Crippen molar-refractivity contribution in [1.82, 2.24) is 0 Å². The second-order valence-electron chi connectivity index (χ2n) is 1.65. The van der Waals surface area contributed by atoms with Crippen LogP contribution in [0.25, 0.3) is 0 Å². The van der Waals surface area contributed by atoms with Gasteiger partial charge in [0, 0.05) is 6.08 Å². The Balaban J connectivity index is 0. The molecule has 5 heteroatoms. The van der Waals surface area contributed by atoms with Gasteiger partial charge in [0.25, 0.3) is 0 Å². The standard InChI is InChI=1S/C7H12O4.Na/c1-3-10-6(8)5-7(9)11-4-2;/h5,8H,3-4H2,1-2H3;/q;+1/p-1/b6-5-;. The van der Waals surface area contributed by atoms with Gasteiger partial charge in [-0.25, -0.2) is 4.79 Å². The van der Waals surface area contributed by atoms with Crippen molar-refractivity contribution in [3.63, 3.8) is 0 Å². The maximum atomic E-state index is 10.5. The average Bonchev–Trinajstić information content (AvgIpc) is 1.87. The number of rotatable bonds is 4. The van der Waals surface area contributed by atoms with Crippen LogP contribution in [0.15, 0.2) is 12.0 Å². The summed E-state index contributed by atoms with van der Waals surface area (Å²) < 4.78 is 8.93. The van der Waals surface area contributed by atoms with E-state index in [-0.39, 0.29) is 42.8 Å². The van der Waals surface area contributed by atoms with Crippen molar-refractivity contribution in [3.05, 3.63) is 12.0 Å². The summed E-state index contributed by atoms with van der Waals surface area (Å²) in [5, 5.41) is 10.5. The molecule has 4 nitrogen and oxygen atoms in total. The smallest absolute Gasteiger partial charge is 0.613 e. The van der Waals surface area contributed by atoms with Gasteiger partial charge in [0.1, 0.15) is 0 Å². The van der Waals surface area contributed by atoms with Gasteiger partial charge in [0.15, 0.2) is 0 Å². The van der Waals surface area contributed by atoms with E-state index in [1.54, 1.807) is 13.8 Å². The number of carbonyl (C=O) groups is 1. The number of esters is 1. The number of hydrogen-bond acceptors (Lipinski definition) is 4. The van der Waals surface area contributed by atoms with E-state index in [2.05, 4.69) is 9.47 Å². The first-order chi connectivity index (χ1) is 5.20. The largest absolute Gasteiger partial charge is 1.00 e. The molecule has 64 valence electrons. The van der Waals surface area contributed by atoms with Gasteiger partial charge in [0.2, 0.25) is 0 Å². The molecule has 0 aliphatic rings. The van der Waals surface area contributed by atoms with Crippen molar-refractivity contribution in [3.8, 4) is 0 Å². The first-order valence-electron chi connectivity index (χ1n) is 3.39. The SMILES string of the molecule is CCOC(=O)/C=C(/[O-])OCC.[Na+]. The number of ether oxygens (including phenoxy) is 2. The molecule has 0 atom stereocenters. The quantitative estimate of drug-likeness (QED) is 0.199. The van der Waals surface area contributed by atoms with E-state index in [0.29, 0.717) is 0 Å². The van der Waals surface area contributed by atoms with Crippen molar-refractivity contribution in [2.45, 2.75) is 13.8 Å². The zero-order chi connectivity index (χ0) is 8.69. The maximum Gasteiger partial charge on any atom is 1.00 e. The zero-order valence-corrected chi connectivity index (χ0v) is 9.62. The molecule has 0 saturated heterocycles. The molecule has 12 heavy (non-hydrogen) atoms. The van der Waals surface area contributed by atoms with Crippen LogP contribution in [0.5, 0.6) is 0 Å². The topological polar surface area (TPSA) is 58.6 Å². The molecule has 0 spiro atoms. The summed E-state index contributed by atoms with van der Waals surface area (Å²) in [6, 6.07) is 0. The molecule has 0 aromatic carbocycles. The second kappa shape index (κ2) is 8.90. The molecule has 0 aliphatic carbocycles. The van der Waals surface area contributed by atoms with Gasteiger partial charge < -0.3 is 14.6 Å². The van der Waals surface area contributed by atoms with Crippen LogP contribution in [-0.2, 0) is 14.3 Å². The van der Waals surface area contributed by atoms with E-state index in [1.807, 2.05) is 0 Å². The fraction of sp³-hybridized carbons (Fsp3) is 0.571. The predicted molar refractivity (Wildman–Crippen MR) is 36.3 cm³/mol. The molecule has 0 aliphatic heterocycles. The summed E-state index contributed by atoms with van der Waals surface area (Å²) >= 11 is 0. The molecule has 0 radical (unpaired) electrons. The minimum Gasteiger partial charge on any atom is -0.613 e. The summed E-state index contributed by atoms with van der Waals surface area (Å²) in [4.78, 5) is 10.5. The molecular formula is C7H11NaO4. The molecule has 0 saturated carbocycles. The number of hydrogen-bond donors (Lipinski definition) is 0. The molecular weight excluding hydrogens is 171 g/mol. The van der Waals surface area contributed by atoms with Gasteiger partial charge in [0.05, 0.1) is 12.6 Å². The Labute approximate surface area is 93.8 Å². The summed E-state index contributed by atoms with van der Waals surface area (Å²) in [6.07, 6.45) is 0.785. The molecule has 0 aromatic heterocycles. The first-order valence-corrected chi connectivity index (χ1v) is 3.39. The molecule has 0 N–H and O–H groups in total. The molecule has 0 bridgehead atoms. The monoisotopic (exact) mass is 182 g/mol. The second-order valence-corrected chi connectivity index (χ2v) is 1.65. The van der Waals surface area contributed by atoms with Crippen LogP contribution >= 0.6 is 0 Å².